The minimum Gasteiger partial charge on any atom is -0.490 e. The lowest BCUT2D eigenvalue weighted by molar-refractivity contribution is 0.174. The topological polar surface area (TPSA) is 49.0 Å². The van der Waals surface area contributed by atoms with Crippen LogP contribution in [0.4, 0.5) is 5.69 Å². The maximum Gasteiger partial charge on any atom is 0.231 e. The lowest BCUT2D eigenvalue weighted by Gasteiger charge is -2.16. The first kappa shape index (κ1) is 21.8. The molecule has 0 atom stereocenters. The average molecular weight is 481 g/mol. The van der Waals surface area contributed by atoms with Gasteiger partial charge in [0.25, 0.3) is 0 Å². The molecule has 0 aliphatic carbocycles. The Bertz CT molecular complexity index is 1090. The molecule has 1 heterocycles. The van der Waals surface area contributed by atoms with Gasteiger partial charge in [0.1, 0.15) is 6.61 Å². The molecule has 5 nitrogen and oxygen atoms in total. The molecule has 1 aliphatic heterocycles. The number of halogens is 3. The van der Waals surface area contributed by atoms with Crippen molar-refractivity contribution in [2.24, 2.45) is 0 Å². The number of nitrogens with one attached hydrogen (secondary N) is 1. The number of hydrogen-bond acceptors (Lipinski definition) is 5. The van der Waals surface area contributed by atoms with Crippen molar-refractivity contribution < 1.29 is 18.9 Å². The minimum atomic E-state index is 0.246. The van der Waals surface area contributed by atoms with E-state index in [2.05, 4.69) is 5.32 Å². The van der Waals surface area contributed by atoms with Crippen LogP contribution < -0.4 is 24.3 Å². The molecule has 0 aromatic heterocycles. The largest absolute Gasteiger partial charge is 0.490 e. The highest BCUT2D eigenvalue weighted by Crippen LogP contribution is 2.38. The van der Waals surface area contributed by atoms with Gasteiger partial charge >= 0.3 is 0 Å². The van der Waals surface area contributed by atoms with Gasteiger partial charge < -0.3 is 24.3 Å². The predicted octanol–water partition coefficient (Wildman–Crippen LogP) is 6.97. The van der Waals surface area contributed by atoms with Crippen LogP contribution in [0.15, 0.2) is 48.5 Å². The van der Waals surface area contributed by atoms with Crippen LogP contribution in [0.2, 0.25) is 15.1 Å². The molecule has 0 saturated carbocycles. The highest BCUT2D eigenvalue weighted by molar-refractivity contribution is 6.42. The molecule has 0 radical (unpaired) electrons. The Morgan fingerprint density at radius 3 is 2.45 bits per heavy atom. The zero-order valence-corrected chi connectivity index (χ0v) is 19.0. The Balaban J connectivity index is 1.47. The van der Waals surface area contributed by atoms with Gasteiger partial charge in [0.15, 0.2) is 23.0 Å². The van der Waals surface area contributed by atoms with Crippen LogP contribution in [-0.4, -0.2) is 13.4 Å². The van der Waals surface area contributed by atoms with Gasteiger partial charge in [-0.2, -0.15) is 0 Å². The van der Waals surface area contributed by atoms with Crippen molar-refractivity contribution in [3.8, 4) is 23.0 Å². The number of ether oxygens (including phenoxy) is 4. The number of anilines is 1. The molecular weight excluding hydrogens is 461 g/mol. The van der Waals surface area contributed by atoms with Crippen LogP contribution in [0, 0.1) is 0 Å². The average Bonchev–Trinajstić information content (AvgIpc) is 3.22. The fourth-order valence-electron chi connectivity index (χ4n) is 3.12. The quantitative estimate of drug-likeness (QED) is 0.377. The summed E-state index contributed by atoms with van der Waals surface area (Å²) < 4.78 is 22.5. The van der Waals surface area contributed by atoms with Crippen molar-refractivity contribution in [1.29, 1.82) is 0 Å². The molecule has 0 bridgehead atoms. The molecule has 8 heteroatoms. The van der Waals surface area contributed by atoms with Gasteiger partial charge in [0, 0.05) is 18.3 Å². The highest BCUT2D eigenvalue weighted by Gasteiger charge is 2.15. The van der Waals surface area contributed by atoms with E-state index in [1.54, 1.807) is 12.1 Å². The van der Waals surface area contributed by atoms with Crippen LogP contribution in [0.5, 0.6) is 23.0 Å². The summed E-state index contributed by atoms with van der Waals surface area (Å²) in [5.74, 6) is 2.54. The third-order valence-electron chi connectivity index (χ3n) is 4.61. The van der Waals surface area contributed by atoms with Gasteiger partial charge in [-0.05, 0) is 54.4 Å². The number of hydrogen-bond donors (Lipinski definition) is 1. The van der Waals surface area contributed by atoms with Crippen molar-refractivity contribution in [3.05, 3.63) is 74.7 Å². The fourth-order valence-corrected chi connectivity index (χ4v) is 3.73. The van der Waals surface area contributed by atoms with Crippen molar-refractivity contribution in [3.63, 3.8) is 0 Å². The van der Waals surface area contributed by atoms with E-state index in [1.165, 1.54) is 0 Å². The van der Waals surface area contributed by atoms with E-state index < -0.39 is 0 Å². The lowest BCUT2D eigenvalue weighted by Crippen LogP contribution is -2.04. The molecule has 0 amide bonds. The molecule has 31 heavy (non-hydrogen) atoms. The van der Waals surface area contributed by atoms with Gasteiger partial charge in [-0.15, -0.1) is 0 Å². The van der Waals surface area contributed by atoms with Crippen molar-refractivity contribution in [1.82, 2.24) is 0 Å². The van der Waals surface area contributed by atoms with Gasteiger partial charge in [0.05, 0.1) is 21.7 Å². The Morgan fingerprint density at radius 2 is 1.65 bits per heavy atom. The molecule has 0 spiro atoms. The molecule has 3 aromatic carbocycles. The summed E-state index contributed by atoms with van der Waals surface area (Å²) in [7, 11) is 0. The van der Waals surface area contributed by atoms with Crippen molar-refractivity contribution in [2.75, 3.05) is 18.7 Å². The number of rotatable bonds is 8. The molecule has 0 saturated heterocycles. The highest BCUT2D eigenvalue weighted by atomic mass is 35.5. The fraction of sp³-hybridized carbons (Fsp3) is 0.217. The normalized spacial score (nSPS) is 12.0. The summed E-state index contributed by atoms with van der Waals surface area (Å²) in [4.78, 5) is 0. The first-order chi connectivity index (χ1) is 15.0. The number of fused-ring (bicyclic) bond motifs is 1. The molecular formula is C23H20Cl3NO4. The SMILES string of the molecule is CCOc1cc(CNc2ccc3c(c2)OCO3)cc(Cl)c1OCc1ccc(Cl)c(Cl)c1. The van der Waals surface area contributed by atoms with Gasteiger partial charge in [-0.3, -0.25) is 0 Å². The first-order valence-corrected chi connectivity index (χ1v) is 10.8. The van der Waals surface area contributed by atoms with Crippen LogP contribution in [0.1, 0.15) is 18.1 Å². The van der Waals surface area contributed by atoms with Gasteiger partial charge in [-0.1, -0.05) is 40.9 Å². The van der Waals surface area contributed by atoms with Crippen LogP contribution in [0.3, 0.4) is 0 Å². The second-order valence-electron chi connectivity index (χ2n) is 6.80. The Morgan fingerprint density at radius 1 is 0.839 bits per heavy atom. The standard InChI is InChI=1S/C23H20Cl3NO4/c1-2-28-22-9-15(11-27-16-4-6-20-21(10-16)31-13-30-20)8-19(26)23(22)29-12-14-3-5-17(24)18(25)7-14/h3-10,27H,2,11-13H2,1H3. The second-order valence-corrected chi connectivity index (χ2v) is 8.02. The third kappa shape index (κ3) is 5.24. The first-order valence-electron chi connectivity index (χ1n) is 9.69. The molecule has 0 unspecified atom stereocenters. The molecule has 3 aromatic rings. The van der Waals surface area contributed by atoms with E-state index in [9.17, 15) is 0 Å². The van der Waals surface area contributed by atoms with Crippen LogP contribution in [0.25, 0.3) is 0 Å². The number of benzene rings is 3. The third-order valence-corrected chi connectivity index (χ3v) is 5.63. The van der Waals surface area contributed by atoms with Crippen molar-refractivity contribution in [2.45, 2.75) is 20.1 Å². The lowest BCUT2D eigenvalue weighted by atomic mass is 10.2. The maximum absolute atomic E-state index is 6.54. The Hall–Kier alpha value is -2.47. The zero-order valence-electron chi connectivity index (χ0n) is 16.7. The summed E-state index contributed by atoms with van der Waals surface area (Å²) in [5, 5.41) is 4.80. The predicted molar refractivity (Wildman–Crippen MR) is 123 cm³/mol. The molecule has 1 N–H and O–H groups in total. The van der Waals surface area contributed by atoms with Gasteiger partial charge in [-0.25, -0.2) is 0 Å². The molecule has 162 valence electrons. The Labute approximate surface area is 195 Å². The molecule has 1 aliphatic rings. The summed E-state index contributed by atoms with van der Waals surface area (Å²) in [6.45, 7) is 3.47. The van der Waals surface area contributed by atoms with E-state index in [1.807, 2.05) is 43.3 Å². The summed E-state index contributed by atoms with van der Waals surface area (Å²) in [6.07, 6.45) is 0. The van der Waals surface area contributed by atoms with Gasteiger partial charge in [0.2, 0.25) is 6.79 Å². The van der Waals surface area contributed by atoms with E-state index in [-0.39, 0.29) is 13.4 Å². The second kappa shape index (κ2) is 9.77. The summed E-state index contributed by atoms with van der Waals surface area (Å²) >= 11 is 18.6. The monoisotopic (exact) mass is 479 g/mol. The van der Waals surface area contributed by atoms with Crippen LogP contribution >= 0.6 is 34.8 Å². The summed E-state index contributed by atoms with van der Waals surface area (Å²) in [6, 6.07) is 14.8. The molecule has 4 rings (SSSR count). The minimum absolute atomic E-state index is 0.246. The smallest absolute Gasteiger partial charge is 0.231 e. The Kier molecular flexibility index (Phi) is 6.86. The van der Waals surface area contributed by atoms with Crippen molar-refractivity contribution >= 4 is 40.5 Å². The zero-order chi connectivity index (χ0) is 21.8. The molecule has 0 fully saturated rings. The van der Waals surface area contributed by atoms with E-state index in [0.29, 0.717) is 39.7 Å². The maximum atomic E-state index is 6.54. The summed E-state index contributed by atoms with van der Waals surface area (Å²) in [5.41, 5.74) is 2.74. The van der Waals surface area contributed by atoms with Crippen LogP contribution in [-0.2, 0) is 13.2 Å². The van der Waals surface area contributed by atoms with E-state index >= 15 is 0 Å². The van der Waals surface area contributed by atoms with E-state index in [4.69, 9.17) is 53.8 Å². The van der Waals surface area contributed by atoms with E-state index in [0.717, 1.165) is 28.3 Å².